The van der Waals surface area contributed by atoms with E-state index in [0.717, 1.165) is 10.8 Å². The van der Waals surface area contributed by atoms with E-state index < -0.39 is 10.1 Å². The van der Waals surface area contributed by atoms with Crippen LogP contribution in [0.5, 0.6) is 11.5 Å². The molecule has 3 rings (SSSR count). The van der Waals surface area contributed by atoms with Crippen LogP contribution in [0.1, 0.15) is 5.56 Å². The van der Waals surface area contributed by atoms with Crippen LogP contribution in [0.15, 0.2) is 71.6 Å². The molecule has 0 spiro atoms. The minimum Gasteiger partial charge on any atom is -0.493 e. The smallest absolute Gasteiger partial charge is 0.339 e. The summed E-state index contributed by atoms with van der Waals surface area (Å²) in [6.07, 6.45) is 2.91. The van der Waals surface area contributed by atoms with E-state index >= 15 is 0 Å². The number of hydrogen-bond acceptors (Lipinski definition) is 5. The van der Waals surface area contributed by atoms with E-state index in [9.17, 15) is 8.42 Å². The normalized spacial score (nSPS) is 11.4. The molecule has 0 saturated carbocycles. The molecule has 0 saturated heterocycles. The van der Waals surface area contributed by atoms with Crippen LogP contribution < -0.4 is 8.92 Å². The van der Waals surface area contributed by atoms with Gasteiger partial charge >= 0.3 is 10.1 Å². The van der Waals surface area contributed by atoms with Gasteiger partial charge in [0, 0.05) is 6.08 Å². The molecule has 0 bridgehead atoms. The summed E-state index contributed by atoms with van der Waals surface area (Å²) in [7, 11) is -2.60. The zero-order valence-electron chi connectivity index (χ0n) is 13.9. The maximum absolute atomic E-state index is 12.6. The summed E-state index contributed by atoms with van der Waals surface area (Å²) in [5.74, 6) is 0.337. The molecule has 0 fully saturated rings. The predicted molar refractivity (Wildman–Crippen MR) is 99.4 cm³/mol. The topological polar surface area (TPSA) is 76.4 Å². The molecule has 0 aliphatic rings. The molecule has 0 unspecified atom stereocenters. The van der Waals surface area contributed by atoms with Gasteiger partial charge in [-0.25, -0.2) is 0 Å². The largest absolute Gasteiger partial charge is 0.493 e. The Balaban J connectivity index is 1.95. The molecule has 0 aromatic heterocycles. The zero-order valence-corrected chi connectivity index (χ0v) is 14.7. The Hall–Kier alpha value is -3.30. The standard InChI is InChI=1S/C20H15NO4S/c1-24-20-13-15(5-4-12-21)8-11-19(20)25-26(22,23)18-10-9-16-6-2-3-7-17(16)14-18/h2-11,13-14H,1H3/b5-4-. The van der Waals surface area contributed by atoms with Crippen molar-refractivity contribution >= 4 is 27.0 Å². The molecular formula is C20H15NO4S. The van der Waals surface area contributed by atoms with Crippen molar-refractivity contribution in [3.05, 3.63) is 72.3 Å². The predicted octanol–water partition coefficient (Wildman–Crippen LogP) is 4.15. The van der Waals surface area contributed by atoms with Gasteiger partial charge in [0.1, 0.15) is 4.90 Å². The highest BCUT2D eigenvalue weighted by Crippen LogP contribution is 2.31. The van der Waals surface area contributed by atoms with Gasteiger partial charge in [0.2, 0.25) is 0 Å². The van der Waals surface area contributed by atoms with Gasteiger partial charge in [-0.15, -0.1) is 0 Å². The van der Waals surface area contributed by atoms with Crippen molar-refractivity contribution in [1.82, 2.24) is 0 Å². The number of nitrogens with zero attached hydrogens (tertiary/aromatic N) is 1. The summed E-state index contributed by atoms with van der Waals surface area (Å²) < 4.78 is 35.8. The summed E-state index contributed by atoms with van der Waals surface area (Å²) in [6.45, 7) is 0. The lowest BCUT2D eigenvalue weighted by atomic mass is 10.1. The van der Waals surface area contributed by atoms with E-state index in [0.29, 0.717) is 5.56 Å². The molecule has 0 heterocycles. The fourth-order valence-corrected chi connectivity index (χ4v) is 3.46. The van der Waals surface area contributed by atoms with Crippen molar-refractivity contribution in [2.75, 3.05) is 7.11 Å². The fraction of sp³-hybridized carbons (Fsp3) is 0.0500. The van der Waals surface area contributed by atoms with Crippen LogP contribution in [-0.2, 0) is 10.1 Å². The Morgan fingerprint density at radius 1 is 0.962 bits per heavy atom. The second-order valence-electron chi connectivity index (χ2n) is 5.42. The van der Waals surface area contributed by atoms with Crippen LogP contribution in [0.25, 0.3) is 16.8 Å². The highest BCUT2D eigenvalue weighted by atomic mass is 32.2. The molecule has 0 N–H and O–H groups in total. The fourth-order valence-electron chi connectivity index (χ4n) is 2.48. The molecule has 0 atom stereocenters. The van der Waals surface area contributed by atoms with Gasteiger partial charge in [0.15, 0.2) is 11.5 Å². The Kier molecular flexibility index (Phi) is 4.92. The lowest BCUT2D eigenvalue weighted by Gasteiger charge is -2.12. The maximum Gasteiger partial charge on any atom is 0.339 e. The summed E-state index contributed by atoms with van der Waals surface area (Å²) in [5.41, 5.74) is 0.693. The van der Waals surface area contributed by atoms with E-state index in [1.54, 1.807) is 30.3 Å². The first-order valence-electron chi connectivity index (χ1n) is 7.71. The molecule has 0 amide bonds. The zero-order chi connectivity index (χ0) is 18.6. The van der Waals surface area contributed by atoms with Gasteiger partial charge in [0.05, 0.1) is 13.2 Å². The maximum atomic E-state index is 12.6. The second-order valence-corrected chi connectivity index (χ2v) is 6.97. The summed E-state index contributed by atoms with van der Waals surface area (Å²) in [6, 6.07) is 18.9. The third-order valence-corrected chi connectivity index (χ3v) is 4.98. The van der Waals surface area contributed by atoms with E-state index in [1.165, 1.54) is 25.3 Å². The second kappa shape index (κ2) is 7.30. The van der Waals surface area contributed by atoms with Gasteiger partial charge in [-0.2, -0.15) is 13.7 Å². The van der Waals surface area contributed by atoms with Crippen LogP contribution in [-0.4, -0.2) is 15.5 Å². The number of rotatable bonds is 5. The minimum atomic E-state index is -4.02. The molecule has 130 valence electrons. The SMILES string of the molecule is COc1cc(/C=C\C#N)ccc1OS(=O)(=O)c1ccc2ccccc2c1. The molecule has 6 heteroatoms. The summed E-state index contributed by atoms with van der Waals surface area (Å²) in [5, 5.41) is 10.3. The van der Waals surface area contributed by atoms with Gasteiger partial charge in [0.25, 0.3) is 0 Å². The van der Waals surface area contributed by atoms with Gasteiger partial charge < -0.3 is 8.92 Å². The van der Waals surface area contributed by atoms with Crippen molar-refractivity contribution in [2.24, 2.45) is 0 Å². The Morgan fingerprint density at radius 3 is 2.46 bits per heavy atom. The minimum absolute atomic E-state index is 0.0618. The van der Waals surface area contributed by atoms with Gasteiger partial charge in [-0.1, -0.05) is 36.4 Å². The van der Waals surface area contributed by atoms with Crippen molar-refractivity contribution in [3.63, 3.8) is 0 Å². The lowest BCUT2D eigenvalue weighted by molar-refractivity contribution is 0.390. The van der Waals surface area contributed by atoms with Crippen LogP contribution in [0.4, 0.5) is 0 Å². The summed E-state index contributed by atoms with van der Waals surface area (Å²) in [4.78, 5) is 0.0618. The molecule has 0 radical (unpaired) electrons. The van der Waals surface area contributed by atoms with Crippen LogP contribution in [0, 0.1) is 11.3 Å². The number of benzene rings is 3. The van der Waals surface area contributed by atoms with E-state index in [4.69, 9.17) is 14.2 Å². The Morgan fingerprint density at radius 2 is 1.73 bits per heavy atom. The number of hydrogen-bond donors (Lipinski definition) is 0. The molecule has 3 aromatic carbocycles. The number of fused-ring (bicyclic) bond motifs is 1. The van der Waals surface area contributed by atoms with E-state index in [1.807, 2.05) is 30.3 Å². The molecule has 3 aromatic rings. The number of allylic oxidation sites excluding steroid dienone is 1. The van der Waals surface area contributed by atoms with Gasteiger partial charge in [-0.05, 0) is 46.7 Å². The molecule has 26 heavy (non-hydrogen) atoms. The Labute approximate surface area is 151 Å². The Bertz CT molecular complexity index is 1130. The van der Waals surface area contributed by atoms with E-state index in [2.05, 4.69) is 0 Å². The molecule has 0 aliphatic carbocycles. The van der Waals surface area contributed by atoms with Crippen LogP contribution in [0.2, 0.25) is 0 Å². The van der Waals surface area contributed by atoms with Gasteiger partial charge in [-0.3, -0.25) is 0 Å². The number of ether oxygens (including phenoxy) is 1. The van der Waals surface area contributed by atoms with E-state index in [-0.39, 0.29) is 16.4 Å². The third kappa shape index (κ3) is 3.68. The highest BCUT2D eigenvalue weighted by molar-refractivity contribution is 7.87. The first-order chi connectivity index (χ1) is 12.5. The summed E-state index contributed by atoms with van der Waals surface area (Å²) >= 11 is 0. The van der Waals surface area contributed by atoms with Crippen molar-refractivity contribution in [2.45, 2.75) is 4.90 Å². The average Bonchev–Trinajstić information content (AvgIpc) is 2.66. The monoisotopic (exact) mass is 365 g/mol. The average molecular weight is 365 g/mol. The van der Waals surface area contributed by atoms with Crippen molar-refractivity contribution < 1.29 is 17.3 Å². The molecule has 5 nitrogen and oxygen atoms in total. The van der Waals surface area contributed by atoms with Crippen molar-refractivity contribution in [3.8, 4) is 17.6 Å². The first-order valence-corrected chi connectivity index (χ1v) is 9.12. The molecular weight excluding hydrogens is 350 g/mol. The lowest BCUT2D eigenvalue weighted by Crippen LogP contribution is -2.10. The highest BCUT2D eigenvalue weighted by Gasteiger charge is 2.19. The van der Waals surface area contributed by atoms with Crippen LogP contribution >= 0.6 is 0 Å². The van der Waals surface area contributed by atoms with Crippen molar-refractivity contribution in [1.29, 1.82) is 5.26 Å². The van der Waals surface area contributed by atoms with Crippen LogP contribution in [0.3, 0.4) is 0 Å². The molecule has 0 aliphatic heterocycles. The number of methoxy groups -OCH3 is 1. The third-order valence-electron chi connectivity index (χ3n) is 3.75. The number of nitriles is 1. The first kappa shape index (κ1) is 17.5. The quantitative estimate of drug-likeness (QED) is 0.501.